The van der Waals surface area contributed by atoms with Crippen LogP contribution in [-0.4, -0.2) is 21.2 Å². The summed E-state index contributed by atoms with van der Waals surface area (Å²) in [5.74, 6) is -2.29. The first-order chi connectivity index (χ1) is 12.2. The van der Waals surface area contributed by atoms with Gasteiger partial charge in [0.05, 0.1) is 11.3 Å². The van der Waals surface area contributed by atoms with Crippen LogP contribution in [0.15, 0.2) is 36.4 Å². The zero-order chi connectivity index (χ0) is 19.1. The van der Waals surface area contributed by atoms with Crippen LogP contribution in [0.3, 0.4) is 0 Å². The molecule has 0 aliphatic heterocycles. The van der Waals surface area contributed by atoms with E-state index in [1.54, 1.807) is 0 Å². The molecule has 2 N–H and O–H groups in total. The van der Waals surface area contributed by atoms with E-state index in [2.05, 4.69) is 15.5 Å². The molecule has 0 aliphatic rings. The normalized spacial score (nSPS) is 11.6. The second kappa shape index (κ2) is 6.41. The van der Waals surface area contributed by atoms with E-state index in [-0.39, 0.29) is 21.5 Å². The van der Waals surface area contributed by atoms with E-state index in [0.29, 0.717) is 18.2 Å². The summed E-state index contributed by atoms with van der Waals surface area (Å²) in [7, 11) is 0. The van der Waals surface area contributed by atoms with Crippen molar-refractivity contribution in [1.29, 1.82) is 0 Å². The molecule has 5 nitrogen and oxygen atoms in total. The molecule has 0 saturated heterocycles. The summed E-state index contributed by atoms with van der Waals surface area (Å²) in [4.78, 5) is 12.3. The number of nitrogens with zero attached hydrogens (tertiary/aromatic N) is 2. The first-order valence-electron chi connectivity index (χ1n) is 7.00. The van der Waals surface area contributed by atoms with Gasteiger partial charge in [0.15, 0.2) is 5.15 Å². The number of halogens is 5. The van der Waals surface area contributed by atoms with Gasteiger partial charge in [-0.15, -0.1) is 10.2 Å². The molecule has 0 aliphatic carbocycles. The van der Waals surface area contributed by atoms with Crippen molar-refractivity contribution in [1.82, 2.24) is 10.2 Å². The molecule has 3 rings (SSSR count). The molecule has 0 radical (unpaired) electrons. The van der Waals surface area contributed by atoms with Crippen LogP contribution in [0.2, 0.25) is 5.15 Å². The van der Waals surface area contributed by atoms with Gasteiger partial charge >= 0.3 is 6.18 Å². The van der Waals surface area contributed by atoms with Crippen LogP contribution < -0.4 is 5.32 Å². The topological polar surface area (TPSA) is 75.1 Å². The second-order valence-electron chi connectivity index (χ2n) is 5.22. The van der Waals surface area contributed by atoms with Gasteiger partial charge in [-0.3, -0.25) is 4.79 Å². The number of alkyl halides is 3. The number of carbonyl (C=O) groups is 1. The van der Waals surface area contributed by atoms with E-state index in [1.165, 1.54) is 18.2 Å². The number of carbonyl (C=O) groups excluding carboxylic acids is 1. The van der Waals surface area contributed by atoms with Gasteiger partial charge in [-0.2, -0.15) is 13.2 Å². The highest BCUT2D eigenvalue weighted by Crippen LogP contribution is 2.32. The molecule has 0 fully saturated rings. The first kappa shape index (κ1) is 17.9. The molecule has 26 heavy (non-hydrogen) atoms. The van der Waals surface area contributed by atoms with E-state index < -0.39 is 35.0 Å². The predicted octanol–water partition coefficient (Wildman–Crippen LogP) is 4.40. The zero-order valence-corrected chi connectivity index (χ0v) is 13.4. The average Bonchev–Trinajstić information content (AvgIpc) is 2.59. The van der Waals surface area contributed by atoms with Crippen LogP contribution in [0.25, 0.3) is 10.8 Å². The number of rotatable bonds is 2. The maximum absolute atomic E-state index is 13.7. The Labute approximate surface area is 148 Å². The number of aromatic nitrogens is 2. The summed E-state index contributed by atoms with van der Waals surface area (Å²) >= 11 is 5.86. The lowest BCUT2D eigenvalue weighted by molar-refractivity contribution is -0.137. The molecular weight excluding hydrogens is 378 g/mol. The molecule has 0 bridgehead atoms. The van der Waals surface area contributed by atoms with Gasteiger partial charge in [0.25, 0.3) is 5.91 Å². The van der Waals surface area contributed by atoms with Gasteiger partial charge in [-0.1, -0.05) is 11.6 Å². The van der Waals surface area contributed by atoms with Crippen molar-refractivity contribution in [2.24, 2.45) is 0 Å². The fraction of sp³-hybridized carbons (Fsp3) is 0.0625. The minimum absolute atomic E-state index is 0.0244. The van der Waals surface area contributed by atoms with Gasteiger partial charge in [-0.25, -0.2) is 4.39 Å². The van der Waals surface area contributed by atoms with Crippen LogP contribution >= 0.6 is 11.6 Å². The Bertz CT molecular complexity index is 1020. The van der Waals surface area contributed by atoms with Gasteiger partial charge in [0, 0.05) is 16.3 Å². The van der Waals surface area contributed by atoms with Crippen molar-refractivity contribution >= 4 is 34.0 Å². The van der Waals surface area contributed by atoms with Crippen LogP contribution in [0.5, 0.6) is 5.88 Å². The molecule has 10 heteroatoms. The lowest BCUT2D eigenvalue weighted by atomic mass is 10.1. The Kier molecular flexibility index (Phi) is 4.41. The largest absolute Gasteiger partial charge is 0.492 e. The SMILES string of the molecule is O=C(Nc1cc(C(F)(F)F)ccc1F)c1ccc2c(O)nnc(Cl)c2c1. The van der Waals surface area contributed by atoms with E-state index >= 15 is 0 Å². The average molecular weight is 386 g/mol. The third kappa shape index (κ3) is 3.38. The van der Waals surface area contributed by atoms with E-state index in [9.17, 15) is 27.5 Å². The summed E-state index contributed by atoms with van der Waals surface area (Å²) in [5.41, 5.74) is -1.74. The number of aromatic hydroxyl groups is 1. The molecular formula is C16H8ClF4N3O2. The summed E-state index contributed by atoms with van der Waals surface area (Å²) in [6, 6.07) is 5.56. The van der Waals surface area contributed by atoms with E-state index in [0.717, 1.165) is 0 Å². The number of anilines is 1. The Morgan fingerprint density at radius 2 is 1.81 bits per heavy atom. The highest BCUT2D eigenvalue weighted by molar-refractivity contribution is 6.34. The van der Waals surface area contributed by atoms with Crippen molar-refractivity contribution in [3.05, 3.63) is 58.5 Å². The third-order valence-corrected chi connectivity index (χ3v) is 3.80. The molecule has 1 amide bonds. The molecule has 2 aromatic carbocycles. The van der Waals surface area contributed by atoms with Gasteiger partial charge < -0.3 is 10.4 Å². The predicted molar refractivity (Wildman–Crippen MR) is 85.6 cm³/mol. The quantitative estimate of drug-likeness (QED) is 0.641. The maximum Gasteiger partial charge on any atom is 0.416 e. The van der Waals surface area contributed by atoms with Crippen molar-refractivity contribution in [3.8, 4) is 5.88 Å². The van der Waals surface area contributed by atoms with Crippen LogP contribution in [-0.2, 0) is 6.18 Å². The molecule has 1 aromatic heterocycles. The Hall–Kier alpha value is -2.94. The molecule has 0 spiro atoms. The van der Waals surface area contributed by atoms with Crippen molar-refractivity contribution < 1.29 is 27.5 Å². The number of nitrogens with one attached hydrogen (secondary N) is 1. The monoisotopic (exact) mass is 385 g/mol. The second-order valence-corrected chi connectivity index (χ2v) is 5.58. The van der Waals surface area contributed by atoms with Gasteiger partial charge in [0.1, 0.15) is 5.82 Å². The van der Waals surface area contributed by atoms with E-state index in [1.807, 2.05) is 0 Å². The highest BCUT2D eigenvalue weighted by Gasteiger charge is 2.31. The number of fused-ring (bicyclic) bond motifs is 1. The molecule has 0 unspecified atom stereocenters. The number of benzene rings is 2. The van der Waals surface area contributed by atoms with Crippen molar-refractivity contribution in [2.45, 2.75) is 6.18 Å². The molecule has 3 aromatic rings. The molecule has 0 saturated carbocycles. The summed E-state index contributed by atoms with van der Waals surface area (Å²) in [5, 5.41) is 18.9. The fourth-order valence-corrected chi connectivity index (χ4v) is 2.44. The van der Waals surface area contributed by atoms with Gasteiger partial charge in [0.2, 0.25) is 5.88 Å². The van der Waals surface area contributed by atoms with Crippen LogP contribution in [0.1, 0.15) is 15.9 Å². The lowest BCUT2D eigenvalue weighted by Gasteiger charge is -2.11. The standard InChI is InChI=1S/C16H8ClF4N3O2/c17-13-10-5-7(1-3-9(10)15(26)24-23-13)14(25)22-12-6-8(16(19,20)21)2-4-11(12)18/h1-6H,(H,22,25)(H,24,26). The zero-order valence-electron chi connectivity index (χ0n) is 12.6. The van der Waals surface area contributed by atoms with Crippen LogP contribution in [0, 0.1) is 5.82 Å². The van der Waals surface area contributed by atoms with Crippen molar-refractivity contribution in [2.75, 3.05) is 5.32 Å². The van der Waals surface area contributed by atoms with E-state index in [4.69, 9.17) is 11.6 Å². The van der Waals surface area contributed by atoms with Crippen molar-refractivity contribution in [3.63, 3.8) is 0 Å². The number of hydrogen-bond acceptors (Lipinski definition) is 4. The Morgan fingerprint density at radius 3 is 2.50 bits per heavy atom. The lowest BCUT2D eigenvalue weighted by Crippen LogP contribution is -2.14. The fourth-order valence-electron chi connectivity index (χ4n) is 2.24. The third-order valence-electron chi connectivity index (χ3n) is 3.52. The summed E-state index contributed by atoms with van der Waals surface area (Å²) < 4.78 is 51.9. The Morgan fingerprint density at radius 1 is 1.08 bits per heavy atom. The molecule has 1 heterocycles. The smallest absolute Gasteiger partial charge is 0.416 e. The number of amides is 1. The highest BCUT2D eigenvalue weighted by atomic mass is 35.5. The Balaban J connectivity index is 1.96. The first-order valence-corrected chi connectivity index (χ1v) is 7.37. The minimum Gasteiger partial charge on any atom is -0.492 e. The van der Waals surface area contributed by atoms with Gasteiger partial charge in [-0.05, 0) is 36.4 Å². The summed E-state index contributed by atoms with van der Waals surface area (Å²) in [6.45, 7) is 0. The van der Waals surface area contributed by atoms with Crippen LogP contribution in [0.4, 0.5) is 23.2 Å². The molecule has 134 valence electrons. The molecule has 0 atom stereocenters. The summed E-state index contributed by atoms with van der Waals surface area (Å²) in [6.07, 6.45) is -4.68. The maximum atomic E-state index is 13.7. The number of hydrogen-bond donors (Lipinski definition) is 2. The minimum atomic E-state index is -4.68.